The number of rotatable bonds is 4. The summed E-state index contributed by atoms with van der Waals surface area (Å²) in [5, 5.41) is 15.3. The van der Waals surface area contributed by atoms with E-state index < -0.39 is 5.97 Å². The van der Waals surface area contributed by atoms with Crippen LogP contribution in [0.1, 0.15) is 23.2 Å². The van der Waals surface area contributed by atoms with Crippen molar-refractivity contribution in [1.82, 2.24) is 0 Å². The molecule has 0 atom stereocenters. The zero-order valence-corrected chi connectivity index (χ0v) is 15.4. The van der Waals surface area contributed by atoms with E-state index >= 15 is 0 Å². The van der Waals surface area contributed by atoms with Gasteiger partial charge in [0.2, 0.25) is 0 Å². The van der Waals surface area contributed by atoms with E-state index in [4.69, 9.17) is 5.11 Å². The standard InChI is InChI=1S/C20H14O3.Na/c21-17(10-11-18(22)23)15-8-6-14-5-4-12-2-1-3-13-7-9-16(15)20(14)19(12)13;/h1-9H,10-11H2,(H,22,23);/q;+1. The van der Waals surface area contributed by atoms with Crippen molar-refractivity contribution in [2.45, 2.75) is 12.8 Å². The molecule has 0 amide bonds. The van der Waals surface area contributed by atoms with Crippen molar-refractivity contribution in [2.75, 3.05) is 0 Å². The van der Waals surface area contributed by atoms with Gasteiger partial charge >= 0.3 is 35.5 Å². The van der Waals surface area contributed by atoms with Crippen LogP contribution in [0.25, 0.3) is 32.3 Å². The van der Waals surface area contributed by atoms with Crippen LogP contribution in [0.4, 0.5) is 0 Å². The number of Topliss-reactive ketones (excluding diaryl/α,β-unsaturated/α-hetero) is 1. The van der Waals surface area contributed by atoms with Crippen LogP contribution in [0, 0.1) is 0 Å². The van der Waals surface area contributed by atoms with Crippen molar-refractivity contribution in [3.8, 4) is 0 Å². The minimum atomic E-state index is -0.948. The summed E-state index contributed by atoms with van der Waals surface area (Å²) in [6, 6.07) is 18.1. The van der Waals surface area contributed by atoms with Crippen LogP contribution < -0.4 is 29.6 Å². The minimum absolute atomic E-state index is 0. The molecule has 0 saturated carbocycles. The van der Waals surface area contributed by atoms with Crippen molar-refractivity contribution in [2.24, 2.45) is 0 Å². The van der Waals surface area contributed by atoms with Gasteiger partial charge in [-0.15, -0.1) is 0 Å². The Kier molecular flexibility index (Phi) is 4.59. The second-order valence-electron chi connectivity index (χ2n) is 5.79. The Morgan fingerprint density at radius 2 is 1.33 bits per heavy atom. The smallest absolute Gasteiger partial charge is 0.481 e. The number of benzene rings is 4. The number of carbonyl (C=O) groups excluding carboxylic acids is 1. The first kappa shape index (κ1) is 16.9. The van der Waals surface area contributed by atoms with Gasteiger partial charge in [0.25, 0.3) is 0 Å². The topological polar surface area (TPSA) is 54.4 Å². The summed E-state index contributed by atoms with van der Waals surface area (Å²) in [5.74, 6) is -1.07. The van der Waals surface area contributed by atoms with Crippen molar-refractivity contribution < 1.29 is 44.3 Å². The maximum Gasteiger partial charge on any atom is 1.00 e. The predicted molar refractivity (Wildman–Crippen MR) is 91.3 cm³/mol. The third-order valence-corrected chi connectivity index (χ3v) is 4.40. The van der Waals surface area contributed by atoms with Crippen LogP contribution in [-0.4, -0.2) is 16.9 Å². The van der Waals surface area contributed by atoms with E-state index in [1.54, 1.807) is 0 Å². The zero-order valence-electron chi connectivity index (χ0n) is 13.4. The maximum atomic E-state index is 12.4. The number of carbonyl (C=O) groups is 2. The van der Waals surface area contributed by atoms with Gasteiger partial charge in [0.15, 0.2) is 5.78 Å². The summed E-state index contributed by atoms with van der Waals surface area (Å²) in [7, 11) is 0. The molecule has 0 aromatic heterocycles. The summed E-state index contributed by atoms with van der Waals surface area (Å²) >= 11 is 0. The number of hydrogen-bond donors (Lipinski definition) is 1. The fourth-order valence-electron chi connectivity index (χ4n) is 3.33. The number of carboxylic acids is 1. The first-order valence-electron chi connectivity index (χ1n) is 7.57. The third-order valence-electron chi connectivity index (χ3n) is 4.40. The van der Waals surface area contributed by atoms with Gasteiger partial charge in [-0.1, -0.05) is 54.6 Å². The molecule has 4 aromatic rings. The molecule has 3 nitrogen and oxygen atoms in total. The fourth-order valence-corrected chi connectivity index (χ4v) is 3.33. The SMILES string of the molecule is O=C(O)CCC(=O)c1ccc2ccc3cccc4ccc1c2c34.[Na+]. The molecular formula is C20H14NaO3+. The van der Waals surface area contributed by atoms with Crippen LogP contribution >= 0.6 is 0 Å². The van der Waals surface area contributed by atoms with Crippen molar-refractivity contribution in [3.05, 3.63) is 60.2 Å². The largest absolute Gasteiger partial charge is 1.00 e. The Balaban J connectivity index is 0.00000169. The molecule has 4 aromatic carbocycles. The second-order valence-corrected chi connectivity index (χ2v) is 5.79. The van der Waals surface area contributed by atoms with Gasteiger partial charge in [-0.3, -0.25) is 9.59 Å². The summed E-state index contributed by atoms with van der Waals surface area (Å²) in [6.45, 7) is 0. The van der Waals surface area contributed by atoms with Gasteiger partial charge in [-0.05, 0) is 32.3 Å². The number of hydrogen-bond acceptors (Lipinski definition) is 2. The molecule has 0 aliphatic rings. The van der Waals surface area contributed by atoms with Gasteiger partial charge in [0.05, 0.1) is 6.42 Å². The Labute approximate surface area is 160 Å². The average Bonchev–Trinajstić information content (AvgIpc) is 2.57. The summed E-state index contributed by atoms with van der Waals surface area (Å²) < 4.78 is 0. The Hall–Kier alpha value is -1.94. The second kappa shape index (κ2) is 6.52. The van der Waals surface area contributed by atoms with Gasteiger partial charge in [-0.25, -0.2) is 0 Å². The van der Waals surface area contributed by atoms with Gasteiger partial charge in [0.1, 0.15) is 0 Å². The third kappa shape index (κ3) is 2.69. The molecule has 0 spiro atoms. The molecule has 0 bridgehead atoms. The number of ketones is 1. The maximum absolute atomic E-state index is 12.4. The van der Waals surface area contributed by atoms with Crippen LogP contribution in [0.3, 0.4) is 0 Å². The molecule has 0 radical (unpaired) electrons. The molecule has 0 aliphatic carbocycles. The predicted octanol–water partition coefficient (Wildman–Crippen LogP) is 1.64. The molecule has 0 aliphatic heterocycles. The van der Waals surface area contributed by atoms with Crippen LogP contribution in [-0.2, 0) is 4.79 Å². The Bertz CT molecular complexity index is 1050. The average molecular weight is 325 g/mol. The molecule has 0 heterocycles. The van der Waals surface area contributed by atoms with E-state index in [1.807, 2.05) is 30.3 Å². The molecule has 24 heavy (non-hydrogen) atoms. The van der Waals surface area contributed by atoms with Crippen molar-refractivity contribution in [1.29, 1.82) is 0 Å². The first-order valence-corrected chi connectivity index (χ1v) is 7.57. The molecule has 0 fully saturated rings. The van der Waals surface area contributed by atoms with Gasteiger partial charge in [-0.2, -0.15) is 0 Å². The Morgan fingerprint density at radius 1 is 0.750 bits per heavy atom. The molecule has 0 saturated heterocycles. The minimum Gasteiger partial charge on any atom is -0.481 e. The van der Waals surface area contributed by atoms with Crippen molar-refractivity contribution in [3.63, 3.8) is 0 Å². The van der Waals surface area contributed by atoms with Crippen LogP contribution in [0.2, 0.25) is 0 Å². The van der Waals surface area contributed by atoms with Gasteiger partial charge in [0, 0.05) is 12.0 Å². The molecule has 4 heteroatoms. The quantitative estimate of drug-likeness (QED) is 0.352. The molecule has 0 unspecified atom stereocenters. The summed E-state index contributed by atoms with van der Waals surface area (Å²) in [4.78, 5) is 23.2. The van der Waals surface area contributed by atoms with E-state index in [0.717, 1.165) is 32.3 Å². The van der Waals surface area contributed by atoms with E-state index in [-0.39, 0.29) is 48.2 Å². The van der Waals surface area contributed by atoms with Crippen molar-refractivity contribution >= 4 is 44.1 Å². The summed E-state index contributed by atoms with van der Waals surface area (Å²) in [6.07, 6.45) is -0.111. The normalized spacial score (nSPS) is 11.0. The number of carboxylic acid groups (broad SMARTS) is 1. The fraction of sp³-hybridized carbons (Fsp3) is 0.100. The van der Waals surface area contributed by atoms with E-state index in [1.165, 1.54) is 0 Å². The van der Waals surface area contributed by atoms with Crippen LogP contribution in [0.15, 0.2) is 54.6 Å². The molecule has 1 N–H and O–H groups in total. The molecular weight excluding hydrogens is 311 g/mol. The molecule has 112 valence electrons. The van der Waals surface area contributed by atoms with E-state index in [2.05, 4.69) is 24.3 Å². The number of aliphatic carboxylic acids is 1. The van der Waals surface area contributed by atoms with E-state index in [0.29, 0.717) is 5.56 Å². The summed E-state index contributed by atoms with van der Waals surface area (Å²) in [5.41, 5.74) is 0.608. The first-order chi connectivity index (χ1) is 11.1. The zero-order chi connectivity index (χ0) is 16.0. The van der Waals surface area contributed by atoms with Crippen LogP contribution in [0.5, 0.6) is 0 Å². The molecule has 4 rings (SSSR count). The Morgan fingerprint density at radius 3 is 2.00 bits per heavy atom. The monoisotopic (exact) mass is 325 g/mol. The van der Waals surface area contributed by atoms with Gasteiger partial charge < -0.3 is 5.11 Å². The van der Waals surface area contributed by atoms with E-state index in [9.17, 15) is 9.59 Å².